The summed E-state index contributed by atoms with van der Waals surface area (Å²) >= 11 is 0. The maximum absolute atomic E-state index is 15.0. The second-order valence-corrected chi connectivity index (χ2v) is 9.62. The van der Waals surface area contributed by atoms with Gasteiger partial charge < -0.3 is 19.9 Å². The maximum atomic E-state index is 15.0. The van der Waals surface area contributed by atoms with Crippen LogP contribution in [0.3, 0.4) is 0 Å². The van der Waals surface area contributed by atoms with E-state index < -0.39 is 18.9 Å². The molecule has 0 fully saturated rings. The fraction of sp³-hybridized carbons (Fsp3) is 0.241. The first-order valence-electron chi connectivity index (χ1n) is 13.2. The number of halogens is 4. The van der Waals surface area contributed by atoms with E-state index in [1.54, 1.807) is 49.6 Å². The van der Waals surface area contributed by atoms with Crippen LogP contribution in [0, 0.1) is 6.92 Å². The molecule has 1 aliphatic heterocycles. The van der Waals surface area contributed by atoms with Crippen molar-refractivity contribution in [1.29, 1.82) is 0 Å². The van der Waals surface area contributed by atoms with Crippen molar-refractivity contribution in [2.45, 2.75) is 25.8 Å². The molecule has 11 nitrogen and oxygen atoms in total. The number of guanidine groups is 1. The highest BCUT2D eigenvalue weighted by Gasteiger charge is 2.31. The fourth-order valence-corrected chi connectivity index (χ4v) is 4.43. The second kappa shape index (κ2) is 12.7. The lowest BCUT2D eigenvalue weighted by atomic mass is 10.1. The number of aliphatic hydroxyl groups excluding tert-OH is 1. The molecule has 5 rings (SSSR count). The molecule has 44 heavy (non-hydrogen) atoms. The third-order valence-corrected chi connectivity index (χ3v) is 6.58. The highest BCUT2D eigenvalue weighted by Crippen LogP contribution is 2.27. The summed E-state index contributed by atoms with van der Waals surface area (Å²) in [7, 11) is 1.54. The van der Waals surface area contributed by atoms with Crippen LogP contribution in [0.5, 0.6) is 11.5 Å². The van der Waals surface area contributed by atoms with Gasteiger partial charge in [0.25, 0.3) is 5.91 Å². The van der Waals surface area contributed by atoms with Crippen LogP contribution < -0.4 is 25.0 Å². The van der Waals surface area contributed by atoms with Gasteiger partial charge in [-0.05, 0) is 60.5 Å². The number of anilines is 1. The molecule has 1 amide bonds. The van der Waals surface area contributed by atoms with Crippen LogP contribution in [0.4, 0.5) is 23.2 Å². The molecule has 0 saturated carbocycles. The second-order valence-electron chi connectivity index (χ2n) is 9.62. The molecule has 4 aromatic rings. The fourth-order valence-electron chi connectivity index (χ4n) is 4.43. The van der Waals surface area contributed by atoms with Crippen molar-refractivity contribution in [1.82, 2.24) is 25.4 Å². The normalized spacial score (nSPS) is 14.8. The lowest BCUT2D eigenvalue weighted by Gasteiger charge is -2.24. The molecule has 2 unspecified atom stereocenters. The number of methoxy groups -OCH3 is 1. The van der Waals surface area contributed by atoms with E-state index in [0.29, 0.717) is 34.1 Å². The zero-order valence-corrected chi connectivity index (χ0v) is 23.4. The van der Waals surface area contributed by atoms with Crippen LogP contribution in [-0.2, 0) is 4.79 Å². The Morgan fingerprint density at radius 2 is 1.75 bits per heavy atom. The minimum absolute atomic E-state index is 0.102. The number of ether oxygens (including phenoxy) is 2. The van der Waals surface area contributed by atoms with Crippen molar-refractivity contribution in [2.75, 3.05) is 25.1 Å². The van der Waals surface area contributed by atoms with Crippen LogP contribution in [0.25, 0.3) is 17.1 Å². The van der Waals surface area contributed by atoms with Gasteiger partial charge in [0, 0.05) is 12.1 Å². The number of hydrogen-bond donors (Lipinski definition) is 3. The van der Waals surface area contributed by atoms with Gasteiger partial charge in [-0.1, -0.05) is 24.3 Å². The van der Waals surface area contributed by atoms with Crippen LogP contribution in [-0.4, -0.2) is 64.7 Å². The molecule has 2 heterocycles. The Hall–Kier alpha value is -5.02. The van der Waals surface area contributed by atoms with Gasteiger partial charge in [0.15, 0.2) is 12.2 Å². The van der Waals surface area contributed by atoms with Gasteiger partial charge in [0.2, 0.25) is 5.96 Å². The number of aliphatic hydroxyl groups is 1. The van der Waals surface area contributed by atoms with Gasteiger partial charge >= 0.3 is 6.36 Å². The Balaban J connectivity index is 1.16. The Kier molecular flexibility index (Phi) is 8.78. The smallest absolute Gasteiger partial charge is 0.497 e. The average molecular weight is 614 g/mol. The molecule has 0 bridgehead atoms. The summed E-state index contributed by atoms with van der Waals surface area (Å²) in [5.41, 5.74) is 2.72. The molecule has 0 spiro atoms. The summed E-state index contributed by atoms with van der Waals surface area (Å²) < 4.78 is 62.6. The number of carbonyl (C=O) groups excluding carboxylic acids is 1. The topological polar surface area (TPSA) is 126 Å². The van der Waals surface area contributed by atoms with E-state index in [-0.39, 0.29) is 30.7 Å². The quantitative estimate of drug-likeness (QED) is 0.181. The lowest BCUT2D eigenvalue weighted by Crippen LogP contribution is -2.52. The van der Waals surface area contributed by atoms with E-state index in [1.165, 1.54) is 40.2 Å². The molecular formula is C29H27F4N7O4. The monoisotopic (exact) mass is 613 g/mol. The SMILES string of the molecule is COc1ccc(N2C(=O)CN=C2NC(O)NCC(F)c2ccc(-c3ncn(-c4ccc(OC(F)(F)F)cc4)n3)cc2)c(C)c1. The highest BCUT2D eigenvalue weighted by molar-refractivity contribution is 6.21. The maximum Gasteiger partial charge on any atom is 0.573 e. The number of nitrogens with one attached hydrogen (secondary N) is 2. The molecule has 0 radical (unpaired) electrons. The number of aryl methyl sites for hydroxylation is 1. The first-order valence-corrected chi connectivity index (χ1v) is 13.2. The lowest BCUT2D eigenvalue weighted by molar-refractivity contribution is -0.274. The van der Waals surface area contributed by atoms with E-state index in [1.807, 2.05) is 6.92 Å². The van der Waals surface area contributed by atoms with E-state index >= 15 is 4.39 Å². The Morgan fingerprint density at radius 1 is 1.05 bits per heavy atom. The highest BCUT2D eigenvalue weighted by atomic mass is 19.4. The predicted octanol–water partition coefficient (Wildman–Crippen LogP) is 4.02. The van der Waals surface area contributed by atoms with Gasteiger partial charge in [0.1, 0.15) is 30.5 Å². The molecule has 15 heteroatoms. The minimum Gasteiger partial charge on any atom is -0.497 e. The third-order valence-electron chi connectivity index (χ3n) is 6.58. The first-order chi connectivity index (χ1) is 21.0. The molecule has 1 aliphatic rings. The number of benzene rings is 3. The summed E-state index contributed by atoms with van der Waals surface area (Å²) in [4.78, 5) is 22.2. The van der Waals surface area contributed by atoms with Crippen molar-refractivity contribution in [3.05, 3.63) is 84.2 Å². The molecule has 0 aliphatic carbocycles. The zero-order chi connectivity index (χ0) is 31.4. The summed E-state index contributed by atoms with van der Waals surface area (Å²) in [6, 6.07) is 16.7. The Labute approximate surface area is 248 Å². The van der Waals surface area contributed by atoms with E-state index in [4.69, 9.17) is 4.74 Å². The molecule has 2 atom stereocenters. The van der Waals surface area contributed by atoms with Crippen LogP contribution in [0.2, 0.25) is 0 Å². The average Bonchev–Trinajstić information content (AvgIpc) is 3.63. The molecule has 230 valence electrons. The third kappa shape index (κ3) is 7.12. The van der Waals surface area contributed by atoms with Crippen molar-refractivity contribution in [2.24, 2.45) is 4.99 Å². The number of aromatic nitrogens is 3. The van der Waals surface area contributed by atoms with Crippen molar-refractivity contribution >= 4 is 17.6 Å². The predicted molar refractivity (Wildman–Crippen MR) is 152 cm³/mol. The zero-order valence-electron chi connectivity index (χ0n) is 23.4. The van der Waals surface area contributed by atoms with E-state index in [2.05, 4.69) is 30.4 Å². The number of amides is 1. The summed E-state index contributed by atoms with van der Waals surface area (Å²) in [5.74, 6) is 0.434. The summed E-state index contributed by atoms with van der Waals surface area (Å²) in [6.45, 7) is 1.46. The van der Waals surface area contributed by atoms with E-state index in [9.17, 15) is 23.1 Å². The number of carbonyl (C=O) groups is 1. The Morgan fingerprint density at radius 3 is 2.41 bits per heavy atom. The number of rotatable bonds is 10. The van der Waals surface area contributed by atoms with Gasteiger partial charge in [-0.25, -0.2) is 23.9 Å². The molecule has 1 aromatic heterocycles. The van der Waals surface area contributed by atoms with Crippen LogP contribution >= 0.6 is 0 Å². The molecule has 3 aromatic carbocycles. The Bertz CT molecular complexity index is 1640. The van der Waals surface area contributed by atoms with Gasteiger partial charge in [0.05, 0.1) is 18.5 Å². The van der Waals surface area contributed by atoms with Gasteiger partial charge in [-0.15, -0.1) is 18.3 Å². The largest absolute Gasteiger partial charge is 0.573 e. The molecule has 3 N–H and O–H groups in total. The summed E-state index contributed by atoms with van der Waals surface area (Å²) in [6.07, 6.45) is -6.28. The number of hydrogen-bond acceptors (Lipinski definition) is 9. The number of alkyl halides is 4. The number of nitrogens with zero attached hydrogens (tertiary/aromatic N) is 5. The summed E-state index contributed by atoms with van der Waals surface area (Å²) in [5, 5.41) is 20.1. The van der Waals surface area contributed by atoms with E-state index in [0.717, 1.165) is 5.56 Å². The van der Waals surface area contributed by atoms with Crippen molar-refractivity contribution < 1.29 is 36.9 Å². The van der Waals surface area contributed by atoms with Crippen molar-refractivity contribution in [3.63, 3.8) is 0 Å². The first kappa shape index (κ1) is 30.4. The van der Waals surface area contributed by atoms with Crippen LogP contribution in [0.15, 0.2) is 78.0 Å². The number of aliphatic imine (C=N–C) groups is 1. The van der Waals surface area contributed by atoms with Crippen molar-refractivity contribution in [3.8, 4) is 28.6 Å². The van der Waals surface area contributed by atoms with Gasteiger partial charge in [-0.3, -0.25) is 10.1 Å². The van der Waals surface area contributed by atoms with Gasteiger partial charge in [-0.2, -0.15) is 0 Å². The standard InChI is InChI=1S/C29H27F4N7O4/c1-17-13-22(43-2)11-12-24(17)40-25(41)15-34-27(40)37-28(42)35-14-23(30)18-3-5-19(6-4-18)26-36-16-39(38-26)20-7-9-21(10-8-20)44-29(31,32)33/h3-13,16,23,28,35,42H,14-15H2,1-2H3,(H,34,37). The molecule has 0 saturated heterocycles. The molecular weight excluding hydrogens is 586 g/mol. The minimum atomic E-state index is -4.79. The van der Waals surface area contributed by atoms with Crippen LogP contribution in [0.1, 0.15) is 17.3 Å².